The molecule has 1 saturated heterocycles. The van der Waals surface area contributed by atoms with Gasteiger partial charge in [-0.1, -0.05) is 12.1 Å². The fourth-order valence-electron chi connectivity index (χ4n) is 2.82. The molecule has 0 radical (unpaired) electrons. The summed E-state index contributed by atoms with van der Waals surface area (Å²) >= 11 is 0. The molecule has 1 aromatic heterocycles. The van der Waals surface area contributed by atoms with Gasteiger partial charge in [-0.2, -0.15) is 0 Å². The Hall–Kier alpha value is -1.99. The number of sulfone groups is 1. The van der Waals surface area contributed by atoms with Gasteiger partial charge in [-0.25, -0.2) is 17.8 Å². The summed E-state index contributed by atoms with van der Waals surface area (Å²) in [7, 11) is -3.48. The number of hydrogen-bond donors (Lipinski definition) is 0. The number of hydrogen-bond acceptors (Lipinski definition) is 5. The summed E-state index contributed by atoms with van der Waals surface area (Å²) in [5, 5.41) is 0.0729. The Labute approximate surface area is 153 Å². The Kier molecular flexibility index (Phi) is 5.03. The van der Waals surface area contributed by atoms with Gasteiger partial charge in [-0.15, -0.1) is 0 Å². The average Bonchev–Trinajstić information content (AvgIpc) is 2.61. The second-order valence-corrected chi connectivity index (χ2v) is 9.98. The van der Waals surface area contributed by atoms with Crippen LogP contribution in [-0.4, -0.2) is 37.8 Å². The molecular weight excluding hydrogens is 355 g/mol. The molecule has 2 aromatic rings. The predicted octanol–water partition coefficient (Wildman–Crippen LogP) is 3.37. The molecule has 1 aliphatic rings. The maximum atomic E-state index is 13.5. The van der Waals surface area contributed by atoms with E-state index in [1.807, 2.05) is 6.07 Å². The number of anilines is 1. The van der Waals surface area contributed by atoms with Crippen molar-refractivity contribution in [1.82, 2.24) is 4.98 Å². The van der Waals surface area contributed by atoms with Crippen LogP contribution in [-0.2, 0) is 14.6 Å². The third kappa shape index (κ3) is 3.73. The lowest BCUT2D eigenvalue weighted by Gasteiger charge is -2.34. The van der Waals surface area contributed by atoms with Crippen LogP contribution in [0.4, 0.5) is 10.1 Å². The number of nitrogens with zero attached hydrogens (tertiary/aromatic N) is 2. The summed E-state index contributed by atoms with van der Waals surface area (Å²) in [4.78, 5) is 6.24. The highest BCUT2D eigenvalue weighted by atomic mass is 32.2. The van der Waals surface area contributed by atoms with Crippen LogP contribution < -0.4 is 4.90 Å². The van der Waals surface area contributed by atoms with E-state index in [1.165, 1.54) is 12.1 Å². The summed E-state index contributed by atoms with van der Waals surface area (Å²) in [5.74, 6) is -0.290. The van der Waals surface area contributed by atoms with Crippen molar-refractivity contribution >= 4 is 15.5 Å². The molecule has 1 atom stereocenters. The molecule has 1 unspecified atom stereocenters. The van der Waals surface area contributed by atoms with Gasteiger partial charge in [0.25, 0.3) is 0 Å². The zero-order valence-electron chi connectivity index (χ0n) is 15.1. The molecule has 1 aliphatic heterocycles. The van der Waals surface area contributed by atoms with Gasteiger partial charge in [-0.05, 0) is 50.6 Å². The van der Waals surface area contributed by atoms with Crippen molar-refractivity contribution in [2.24, 2.45) is 0 Å². The highest BCUT2D eigenvalue weighted by molar-refractivity contribution is 7.92. The Bertz CT molecular complexity index is 876. The lowest BCUT2D eigenvalue weighted by molar-refractivity contribution is 0.0396. The molecule has 0 N–H and O–H groups in total. The van der Waals surface area contributed by atoms with E-state index in [-0.39, 0.29) is 16.9 Å². The fourth-order valence-corrected chi connectivity index (χ4v) is 3.89. The summed E-state index contributed by atoms with van der Waals surface area (Å²) in [6.07, 6.45) is 1.34. The number of aromatic nitrogens is 1. The summed E-state index contributed by atoms with van der Waals surface area (Å²) < 4.78 is 43.3. The zero-order chi connectivity index (χ0) is 18.9. The van der Waals surface area contributed by atoms with Crippen molar-refractivity contribution in [1.29, 1.82) is 0 Å². The van der Waals surface area contributed by atoms with E-state index in [0.717, 1.165) is 11.3 Å². The van der Waals surface area contributed by atoms with Crippen molar-refractivity contribution in [3.63, 3.8) is 0 Å². The first-order valence-corrected chi connectivity index (χ1v) is 9.99. The van der Waals surface area contributed by atoms with Crippen LogP contribution in [0.25, 0.3) is 0 Å². The predicted molar refractivity (Wildman–Crippen MR) is 98.5 cm³/mol. The number of pyridine rings is 1. The zero-order valence-corrected chi connectivity index (χ0v) is 16.0. The average molecular weight is 378 g/mol. The molecule has 0 spiro atoms. The quantitative estimate of drug-likeness (QED) is 0.820. The van der Waals surface area contributed by atoms with E-state index in [4.69, 9.17) is 4.74 Å². The third-order valence-corrected chi connectivity index (χ3v) is 6.86. The van der Waals surface area contributed by atoms with Crippen LogP contribution in [0.15, 0.2) is 47.6 Å². The molecular formula is C19H23FN2O3S. The van der Waals surface area contributed by atoms with Crippen LogP contribution in [0.2, 0.25) is 0 Å². The van der Waals surface area contributed by atoms with Crippen molar-refractivity contribution in [2.75, 3.05) is 24.6 Å². The summed E-state index contributed by atoms with van der Waals surface area (Å²) in [6, 6.07) is 9.70. The van der Waals surface area contributed by atoms with Crippen LogP contribution in [0.3, 0.4) is 0 Å². The molecule has 140 valence electrons. The maximum Gasteiger partial charge on any atom is 0.200 e. The second-order valence-electron chi connectivity index (χ2n) is 7.33. The molecule has 1 aromatic carbocycles. The van der Waals surface area contributed by atoms with Crippen molar-refractivity contribution < 1.29 is 17.5 Å². The molecule has 0 saturated carbocycles. The second kappa shape index (κ2) is 6.96. The topological polar surface area (TPSA) is 59.5 Å². The number of benzene rings is 1. The molecule has 7 heteroatoms. The van der Waals surface area contributed by atoms with Crippen LogP contribution in [0.5, 0.6) is 0 Å². The van der Waals surface area contributed by atoms with Crippen LogP contribution >= 0.6 is 0 Å². The first-order valence-electron chi connectivity index (χ1n) is 8.51. The Morgan fingerprint density at radius 2 is 2.00 bits per heavy atom. The van der Waals surface area contributed by atoms with E-state index >= 15 is 0 Å². The van der Waals surface area contributed by atoms with E-state index in [2.05, 4.69) is 9.88 Å². The fraction of sp³-hybridized carbons (Fsp3) is 0.421. The van der Waals surface area contributed by atoms with Gasteiger partial charge in [0.05, 0.1) is 23.2 Å². The van der Waals surface area contributed by atoms with Crippen molar-refractivity contribution in [3.8, 4) is 0 Å². The monoisotopic (exact) mass is 378 g/mol. The smallest absolute Gasteiger partial charge is 0.200 e. The molecule has 2 heterocycles. The minimum atomic E-state index is -3.48. The molecule has 0 amide bonds. The SMILES string of the molecule is CC(C)(C)S(=O)(=O)c1ccc(N2CCOC(c3cccc(F)c3)C2)cn1. The Morgan fingerprint density at radius 1 is 1.23 bits per heavy atom. The Morgan fingerprint density at radius 3 is 2.62 bits per heavy atom. The van der Waals surface area contributed by atoms with Crippen molar-refractivity contribution in [2.45, 2.75) is 36.6 Å². The largest absolute Gasteiger partial charge is 0.370 e. The highest BCUT2D eigenvalue weighted by Crippen LogP contribution is 2.28. The Balaban J connectivity index is 1.79. The van der Waals surface area contributed by atoms with Crippen LogP contribution in [0, 0.1) is 5.82 Å². The lowest BCUT2D eigenvalue weighted by Crippen LogP contribution is -2.38. The highest BCUT2D eigenvalue weighted by Gasteiger charge is 2.32. The third-order valence-electron chi connectivity index (χ3n) is 4.45. The molecule has 3 rings (SSSR count). The number of halogens is 1. The van der Waals surface area contributed by atoms with E-state index in [1.54, 1.807) is 45.2 Å². The van der Waals surface area contributed by atoms with Gasteiger partial charge in [0.15, 0.2) is 14.9 Å². The minimum absolute atomic E-state index is 0.0729. The number of morpholine rings is 1. The molecule has 26 heavy (non-hydrogen) atoms. The number of rotatable bonds is 3. The van der Waals surface area contributed by atoms with Crippen molar-refractivity contribution in [3.05, 3.63) is 54.0 Å². The molecule has 5 nitrogen and oxygen atoms in total. The van der Waals surface area contributed by atoms with Gasteiger partial charge in [-0.3, -0.25) is 0 Å². The maximum absolute atomic E-state index is 13.5. The molecule has 0 aliphatic carbocycles. The van der Waals surface area contributed by atoms with Gasteiger partial charge >= 0.3 is 0 Å². The van der Waals surface area contributed by atoms with Gasteiger partial charge in [0.2, 0.25) is 0 Å². The summed E-state index contributed by atoms with van der Waals surface area (Å²) in [5.41, 5.74) is 1.61. The minimum Gasteiger partial charge on any atom is -0.370 e. The van der Waals surface area contributed by atoms with Gasteiger partial charge in [0, 0.05) is 13.1 Å². The standard InChI is InChI=1S/C19H23FN2O3S/c1-19(2,3)26(23,24)18-8-7-16(12-21-18)22-9-10-25-17(13-22)14-5-4-6-15(20)11-14/h4-8,11-12,17H,9-10,13H2,1-3H3. The molecule has 1 fully saturated rings. The lowest BCUT2D eigenvalue weighted by atomic mass is 10.1. The first kappa shape index (κ1) is 18.8. The van der Waals surface area contributed by atoms with E-state index in [9.17, 15) is 12.8 Å². The van der Waals surface area contributed by atoms with Crippen LogP contribution in [0.1, 0.15) is 32.4 Å². The van der Waals surface area contributed by atoms with Gasteiger partial charge in [0.1, 0.15) is 11.9 Å². The van der Waals surface area contributed by atoms with Gasteiger partial charge < -0.3 is 9.64 Å². The molecule has 0 bridgehead atoms. The van der Waals surface area contributed by atoms with E-state index in [0.29, 0.717) is 19.7 Å². The normalized spacial score (nSPS) is 18.8. The number of ether oxygens (including phenoxy) is 1. The van der Waals surface area contributed by atoms with E-state index < -0.39 is 14.6 Å². The first-order chi connectivity index (χ1) is 12.2. The summed E-state index contributed by atoms with van der Waals surface area (Å²) in [6.45, 7) is 6.69.